The molecule has 0 spiro atoms. The van der Waals surface area contributed by atoms with E-state index in [0.29, 0.717) is 34.0 Å². The van der Waals surface area contributed by atoms with Crippen molar-refractivity contribution in [2.24, 2.45) is 0 Å². The van der Waals surface area contributed by atoms with Crippen molar-refractivity contribution in [3.8, 4) is 22.8 Å². The van der Waals surface area contributed by atoms with Gasteiger partial charge in [0.25, 0.3) is 5.91 Å². The first kappa shape index (κ1) is 20.3. The first-order chi connectivity index (χ1) is 15.0. The fourth-order valence-electron chi connectivity index (χ4n) is 3.45. The summed E-state index contributed by atoms with van der Waals surface area (Å²) in [5.74, 6) is 0.592. The van der Waals surface area contributed by atoms with E-state index in [1.807, 2.05) is 24.3 Å². The average Bonchev–Trinajstić information content (AvgIpc) is 2.82. The van der Waals surface area contributed by atoms with Crippen LogP contribution in [0.3, 0.4) is 0 Å². The normalized spacial score (nSPS) is 10.7. The first-order valence-electron chi connectivity index (χ1n) is 9.67. The summed E-state index contributed by atoms with van der Waals surface area (Å²) < 4.78 is 24.0. The molecule has 0 N–H and O–H groups in total. The number of benzene rings is 3. The molecule has 0 radical (unpaired) electrons. The summed E-state index contributed by atoms with van der Waals surface area (Å²) in [5.41, 5.74) is 3.18. The third kappa shape index (κ3) is 3.92. The van der Waals surface area contributed by atoms with Crippen LogP contribution in [-0.4, -0.2) is 32.2 Å². The van der Waals surface area contributed by atoms with Crippen LogP contribution in [0.15, 0.2) is 72.8 Å². The van der Waals surface area contributed by atoms with E-state index in [1.165, 1.54) is 12.1 Å². The molecule has 31 heavy (non-hydrogen) atoms. The molecule has 0 bridgehead atoms. The number of pyridine rings is 1. The van der Waals surface area contributed by atoms with Crippen molar-refractivity contribution in [2.45, 2.75) is 0 Å². The fraction of sp³-hybridized carbons (Fsp3) is 0.120. The molecule has 156 valence electrons. The van der Waals surface area contributed by atoms with E-state index in [4.69, 9.17) is 9.47 Å². The van der Waals surface area contributed by atoms with Gasteiger partial charge < -0.3 is 14.4 Å². The number of carbonyl (C=O) groups is 1. The molecule has 1 aromatic heterocycles. The van der Waals surface area contributed by atoms with Gasteiger partial charge in [-0.05, 0) is 48.5 Å². The van der Waals surface area contributed by atoms with Gasteiger partial charge in [-0.1, -0.05) is 18.2 Å². The summed E-state index contributed by atoms with van der Waals surface area (Å²) in [7, 11) is 4.82. The second kappa shape index (κ2) is 8.44. The molecule has 0 atom stereocenters. The fourth-order valence-corrected chi connectivity index (χ4v) is 3.45. The van der Waals surface area contributed by atoms with Crippen LogP contribution in [0.2, 0.25) is 0 Å². The Morgan fingerprint density at radius 2 is 1.61 bits per heavy atom. The molecule has 0 fully saturated rings. The van der Waals surface area contributed by atoms with E-state index >= 15 is 0 Å². The minimum absolute atomic E-state index is 0.200. The number of carbonyl (C=O) groups excluding carboxylic acids is 1. The number of ether oxygens (including phenoxy) is 2. The van der Waals surface area contributed by atoms with Crippen molar-refractivity contribution in [1.82, 2.24) is 4.98 Å². The van der Waals surface area contributed by atoms with Gasteiger partial charge >= 0.3 is 0 Å². The van der Waals surface area contributed by atoms with E-state index in [0.717, 1.165) is 10.9 Å². The van der Waals surface area contributed by atoms with Crippen LogP contribution < -0.4 is 14.4 Å². The third-order valence-corrected chi connectivity index (χ3v) is 5.15. The molecule has 4 aromatic rings. The number of fused-ring (bicyclic) bond motifs is 1. The predicted octanol–water partition coefficient (Wildman–Crippen LogP) is 5.33. The number of hydrogen-bond acceptors (Lipinski definition) is 4. The van der Waals surface area contributed by atoms with Gasteiger partial charge in [0.1, 0.15) is 5.82 Å². The number of rotatable bonds is 5. The number of nitrogens with zero attached hydrogens (tertiary/aromatic N) is 2. The van der Waals surface area contributed by atoms with E-state index in [-0.39, 0.29) is 11.7 Å². The highest BCUT2D eigenvalue weighted by molar-refractivity contribution is 6.14. The summed E-state index contributed by atoms with van der Waals surface area (Å²) in [6.07, 6.45) is 0. The van der Waals surface area contributed by atoms with E-state index < -0.39 is 0 Å². The van der Waals surface area contributed by atoms with Crippen LogP contribution in [0, 0.1) is 5.82 Å². The molecule has 1 amide bonds. The maximum absolute atomic E-state index is 13.5. The smallest absolute Gasteiger partial charge is 0.258 e. The standard InChI is InChI=1S/C25H21FN2O3/c1-28(18-12-13-23(30-2)24(14-18)31-3)25(29)20-15-22(16-8-10-17(26)11-9-16)27-21-7-5-4-6-19(20)21/h4-15H,1-3H3. The third-order valence-electron chi connectivity index (χ3n) is 5.15. The van der Waals surface area contributed by atoms with Crippen molar-refractivity contribution >= 4 is 22.5 Å². The molecule has 1 heterocycles. The molecular weight excluding hydrogens is 395 g/mol. The van der Waals surface area contributed by atoms with Gasteiger partial charge in [0.2, 0.25) is 0 Å². The highest BCUT2D eigenvalue weighted by Gasteiger charge is 2.20. The lowest BCUT2D eigenvalue weighted by atomic mass is 10.0. The van der Waals surface area contributed by atoms with E-state index in [9.17, 15) is 9.18 Å². The van der Waals surface area contributed by atoms with E-state index in [1.54, 1.807) is 62.6 Å². The summed E-state index contributed by atoms with van der Waals surface area (Å²) in [4.78, 5) is 19.7. The van der Waals surface area contributed by atoms with Crippen molar-refractivity contribution in [3.63, 3.8) is 0 Å². The van der Waals surface area contributed by atoms with Crippen LogP contribution in [-0.2, 0) is 0 Å². The Kier molecular flexibility index (Phi) is 5.54. The zero-order valence-electron chi connectivity index (χ0n) is 17.4. The highest BCUT2D eigenvalue weighted by Crippen LogP contribution is 2.32. The predicted molar refractivity (Wildman–Crippen MR) is 119 cm³/mol. The Hall–Kier alpha value is -3.93. The highest BCUT2D eigenvalue weighted by atomic mass is 19.1. The Morgan fingerprint density at radius 1 is 0.903 bits per heavy atom. The van der Waals surface area contributed by atoms with Crippen molar-refractivity contribution in [2.75, 3.05) is 26.2 Å². The zero-order chi connectivity index (χ0) is 22.0. The van der Waals surface area contributed by atoms with Crippen LogP contribution in [0.25, 0.3) is 22.2 Å². The van der Waals surface area contributed by atoms with Gasteiger partial charge in [0.05, 0.1) is 31.0 Å². The quantitative estimate of drug-likeness (QED) is 0.441. The Balaban J connectivity index is 1.80. The second-order valence-electron chi connectivity index (χ2n) is 6.98. The van der Waals surface area contributed by atoms with Gasteiger partial charge in [-0.25, -0.2) is 9.37 Å². The SMILES string of the molecule is COc1ccc(N(C)C(=O)c2cc(-c3ccc(F)cc3)nc3ccccc23)cc1OC. The van der Waals surface area contributed by atoms with Gasteiger partial charge in [-0.3, -0.25) is 4.79 Å². The van der Waals surface area contributed by atoms with Crippen molar-refractivity contribution in [1.29, 1.82) is 0 Å². The largest absolute Gasteiger partial charge is 0.493 e. The number of methoxy groups -OCH3 is 2. The molecule has 6 heteroatoms. The van der Waals surface area contributed by atoms with Gasteiger partial charge in [0, 0.05) is 29.8 Å². The molecule has 0 aliphatic rings. The summed E-state index contributed by atoms with van der Waals surface area (Å²) in [6.45, 7) is 0. The summed E-state index contributed by atoms with van der Waals surface area (Å²) >= 11 is 0. The number of anilines is 1. The van der Waals surface area contributed by atoms with Crippen molar-refractivity contribution in [3.05, 3.63) is 84.2 Å². The van der Waals surface area contributed by atoms with Gasteiger partial charge in [-0.2, -0.15) is 0 Å². The van der Waals surface area contributed by atoms with Gasteiger partial charge in [0.15, 0.2) is 11.5 Å². The van der Waals surface area contributed by atoms with Crippen LogP contribution in [0.4, 0.5) is 10.1 Å². The maximum Gasteiger partial charge on any atom is 0.258 e. The molecule has 0 aliphatic heterocycles. The molecule has 0 unspecified atom stereocenters. The summed E-state index contributed by atoms with van der Waals surface area (Å²) in [5, 5.41) is 0.741. The Bertz CT molecular complexity index is 1260. The lowest BCUT2D eigenvalue weighted by Crippen LogP contribution is -2.26. The zero-order valence-corrected chi connectivity index (χ0v) is 17.4. The molecule has 5 nitrogen and oxygen atoms in total. The molecule has 3 aromatic carbocycles. The van der Waals surface area contributed by atoms with Crippen LogP contribution in [0.5, 0.6) is 11.5 Å². The topological polar surface area (TPSA) is 51.7 Å². The van der Waals surface area contributed by atoms with E-state index in [2.05, 4.69) is 4.98 Å². The minimum atomic E-state index is -0.325. The van der Waals surface area contributed by atoms with Crippen molar-refractivity contribution < 1.29 is 18.7 Å². The lowest BCUT2D eigenvalue weighted by molar-refractivity contribution is 0.0994. The molecular formula is C25H21FN2O3. The van der Waals surface area contributed by atoms with Gasteiger partial charge in [-0.15, -0.1) is 0 Å². The number of halogens is 1. The number of amides is 1. The Morgan fingerprint density at radius 3 is 2.32 bits per heavy atom. The number of hydrogen-bond donors (Lipinski definition) is 0. The molecule has 0 aliphatic carbocycles. The molecule has 0 saturated carbocycles. The lowest BCUT2D eigenvalue weighted by Gasteiger charge is -2.20. The number of aromatic nitrogens is 1. The second-order valence-corrected chi connectivity index (χ2v) is 6.98. The Labute approximate surface area is 179 Å². The van der Waals surface area contributed by atoms with Crippen LogP contribution >= 0.6 is 0 Å². The number of para-hydroxylation sites is 1. The molecule has 0 saturated heterocycles. The average molecular weight is 416 g/mol. The molecule has 4 rings (SSSR count). The monoisotopic (exact) mass is 416 g/mol. The minimum Gasteiger partial charge on any atom is -0.493 e. The summed E-state index contributed by atoms with van der Waals surface area (Å²) in [6, 6.07) is 20.6. The van der Waals surface area contributed by atoms with Crippen LogP contribution in [0.1, 0.15) is 10.4 Å². The maximum atomic E-state index is 13.5. The first-order valence-corrected chi connectivity index (χ1v) is 9.67.